The van der Waals surface area contributed by atoms with Crippen LogP contribution < -0.4 is 20.7 Å². The lowest BCUT2D eigenvalue weighted by Gasteiger charge is -2.22. The van der Waals surface area contributed by atoms with Gasteiger partial charge in [-0.1, -0.05) is 19.9 Å². The van der Waals surface area contributed by atoms with Gasteiger partial charge in [0.15, 0.2) is 5.11 Å². The molecule has 2 aromatic rings. The average Bonchev–Trinajstić information content (AvgIpc) is 2.68. The lowest BCUT2D eigenvalue weighted by atomic mass is 10.3. The van der Waals surface area contributed by atoms with Crippen molar-refractivity contribution in [3.05, 3.63) is 41.9 Å². The van der Waals surface area contributed by atoms with E-state index < -0.39 is 5.91 Å². The van der Waals surface area contributed by atoms with Crippen molar-refractivity contribution in [1.29, 1.82) is 0 Å². The van der Waals surface area contributed by atoms with Gasteiger partial charge in [0.2, 0.25) is 11.8 Å². The number of thiocarbonyl (C=S) groups is 1. The number of rotatable bonds is 10. The van der Waals surface area contributed by atoms with Crippen molar-refractivity contribution in [2.75, 3.05) is 24.6 Å². The van der Waals surface area contributed by atoms with Gasteiger partial charge in [0.25, 0.3) is 5.91 Å². The lowest BCUT2D eigenvalue weighted by molar-refractivity contribution is 0.0971. The molecule has 0 aromatic carbocycles. The third kappa shape index (κ3) is 6.73. The van der Waals surface area contributed by atoms with Crippen molar-refractivity contribution >= 4 is 29.2 Å². The molecule has 8 nitrogen and oxygen atoms in total. The number of pyridine rings is 1. The van der Waals surface area contributed by atoms with Gasteiger partial charge < -0.3 is 15.4 Å². The lowest BCUT2D eigenvalue weighted by Crippen LogP contribution is -2.36. The van der Waals surface area contributed by atoms with E-state index in [2.05, 4.69) is 34.1 Å². The molecule has 150 valence electrons. The number of hydrogen-bond donors (Lipinski definition) is 2. The molecule has 0 spiro atoms. The van der Waals surface area contributed by atoms with E-state index in [1.165, 1.54) is 6.07 Å². The summed E-state index contributed by atoms with van der Waals surface area (Å²) >= 11 is 4.75. The second-order valence-electron chi connectivity index (χ2n) is 6.12. The molecular weight excluding hydrogens is 376 g/mol. The quantitative estimate of drug-likeness (QED) is 0.582. The van der Waals surface area contributed by atoms with Crippen LogP contribution in [0.25, 0.3) is 0 Å². The molecule has 0 radical (unpaired) electrons. The van der Waals surface area contributed by atoms with Crippen molar-refractivity contribution in [2.24, 2.45) is 5.73 Å². The zero-order valence-electron chi connectivity index (χ0n) is 16.2. The Balaban J connectivity index is 2.22. The summed E-state index contributed by atoms with van der Waals surface area (Å²) < 4.78 is 5.79. The van der Waals surface area contributed by atoms with Gasteiger partial charge in [-0.2, -0.15) is 4.98 Å². The molecule has 0 fully saturated rings. The molecule has 1 amide bonds. The van der Waals surface area contributed by atoms with Crippen LogP contribution in [-0.2, 0) is 6.42 Å². The third-order valence-corrected chi connectivity index (χ3v) is 3.87. The monoisotopic (exact) mass is 402 g/mol. The Kier molecular flexibility index (Phi) is 8.54. The largest absolute Gasteiger partial charge is 0.477 e. The standard InChI is InChI=1S/C19H26N6O2S/c1-3-10-25(11-4-2)19-22-15(17(26)24-18(20)28)13-16(23-19)27-12-8-14-7-5-6-9-21-14/h5-7,9,13H,3-4,8,10-12H2,1-2H3,(H3,20,24,26,28). The van der Waals surface area contributed by atoms with Crippen LogP contribution in [-0.4, -0.2) is 45.7 Å². The number of nitrogens with two attached hydrogens (primary N) is 1. The summed E-state index contributed by atoms with van der Waals surface area (Å²) in [5, 5.41) is 2.28. The smallest absolute Gasteiger partial charge is 0.276 e. The van der Waals surface area contributed by atoms with Crippen LogP contribution in [0.4, 0.5) is 5.95 Å². The van der Waals surface area contributed by atoms with Gasteiger partial charge in [-0.05, 0) is 37.2 Å². The number of nitrogens with zero attached hydrogens (tertiary/aromatic N) is 4. The Labute approximate surface area is 170 Å². The van der Waals surface area contributed by atoms with Gasteiger partial charge in [-0.3, -0.25) is 15.1 Å². The molecular formula is C19H26N6O2S. The Bertz CT molecular complexity index is 781. The molecule has 0 atom stereocenters. The SMILES string of the molecule is CCCN(CCC)c1nc(OCCc2ccccn2)cc(C(=O)NC(N)=S)n1. The first-order valence-electron chi connectivity index (χ1n) is 9.31. The van der Waals surface area contributed by atoms with Gasteiger partial charge in [-0.25, -0.2) is 4.98 Å². The zero-order valence-corrected chi connectivity index (χ0v) is 17.0. The second kappa shape index (κ2) is 11.1. The van der Waals surface area contributed by atoms with Crippen LogP contribution in [0.3, 0.4) is 0 Å². The van der Waals surface area contributed by atoms with E-state index in [0.717, 1.165) is 31.6 Å². The average molecular weight is 403 g/mol. The van der Waals surface area contributed by atoms with Crippen molar-refractivity contribution in [3.8, 4) is 5.88 Å². The molecule has 0 aliphatic rings. The molecule has 2 aromatic heterocycles. The third-order valence-electron chi connectivity index (χ3n) is 3.76. The predicted molar refractivity (Wildman–Crippen MR) is 113 cm³/mol. The van der Waals surface area contributed by atoms with E-state index in [-0.39, 0.29) is 10.8 Å². The summed E-state index contributed by atoms with van der Waals surface area (Å²) in [5.41, 5.74) is 6.49. The normalized spacial score (nSPS) is 10.4. The van der Waals surface area contributed by atoms with Gasteiger partial charge in [0.1, 0.15) is 5.69 Å². The highest BCUT2D eigenvalue weighted by molar-refractivity contribution is 7.80. The number of ether oxygens (including phenoxy) is 1. The molecule has 3 N–H and O–H groups in total. The molecule has 0 unspecified atom stereocenters. The summed E-state index contributed by atoms with van der Waals surface area (Å²) in [7, 11) is 0. The fourth-order valence-corrected chi connectivity index (χ4v) is 2.67. The van der Waals surface area contributed by atoms with Crippen LogP contribution in [0, 0.1) is 0 Å². The Morgan fingerprint density at radius 1 is 1.25 bits per heavy atom. The molecule has 0 saturated carbocycles. The summed E-state index contributed by atoms with van der Waals surface area (Å²) in [6, 6.07) is 7.21. The van der Waals surface area contributed by atoms with Crippen molar-refractivity contribution < 1.29 is 9.53 Å². The number of carbonyl (C=O) groups excluding carboxylic acids is 1. The number of hydrogen-bond acceptors (Lipinski definition) is 7. The molecule has 0 bridgehead atoms. The maximum Gasteiger partial charge on any atom is 0.276 e. The first-order valence-corrected chi connectivity index (χ1v) is 9.71. The van der Waals surface area contributed by atoms with Crippen LogP contribution in [0.2, 0.25) is 0 Å². The van der Waals surface area contributed by atoms with E-state index in [1.54, 1.807) is 6.20 Å². The van der Waals surface area contributed by atoms with Crippen LogP contribution >= 0.6 is 12.2 Å². The molecule has 2 heterocycles. The Hall–Kier alpha value is -2.81. The summed E-state index contributed by atoms with van der Waals surface area (Å²) in [6.07, 6.45) is 4.23. The molecule has 0 aliphatic carbocycles. The highest BCUT2D eigenvalue weighted by atomic mass is 32.1. The first-order chi connectivity index (χ1) is 13.5. The molecule has 0 aliphatic heterocycles. The van der Waals surface area contributed by atoms with Gasteiger partial charge >= 0.3 is 0 Å². The van der Waals surface area contributed by atoms with Crippen LogP contribution in [0.5, 0.6) is 5.88 Å². The highest BCUT2D eigenvalue weighted by Gasteiger charge is 2.17. The second-order valence-corrected chi connectivity index (χ2v) is 6.56. The number of amides is 1. The Morgan fingerprint density at radius 2 is 2.00 bits per heavy atom. The van der Waals surface area contributed by atoms with Crippen molar-refractivity contribution in [1.82, 2.24) is 20.3 Å². The number of anilines is 1. The topological polar surface area (TPSA) is 106 Å². The summed E-state index contributed by atoms with van der Waals surface area (Å²) in [6.45, 7) is 6.10. The van der Waals surface area contributed by atoms with E-state index in [9.17, 15) is 4.79 Å². The van der Waals surface area contributed by atoms with Crippen molar-refractivity contribution in [3.63, 3.8) is 0 Å². The summed E-state index contributed by atoms with van der Waals surface area (Å²) in [5.74, 6) is 0.289. The summed E-state index contributed by atoms with van der Waals surface area (Å²) in [4.78, 5) is 27.5. The minimum absolute atomic E-state index is 0.109. The maximum atomic E-state index is 12.3. The van der Waals surface area contributed by atoms with Crippen molar-refractivity contribution in [2.45, 2.75) is 33.1 Å². The van der Waals surface area contributed by atoms with Gasteiger partial charge in [-0.15, -0.1) is 0 Å². The minimum atomic E-state index is -0.487. The van der Waals surface area contributed by atoms with E-state index >= 15 is 0 Å². The fourth-order valence-electron chi connectivity index (χ4n) is 2.58. The zero-order chi connectivity index (χ0) is 20.4. The predicted octanol–water partition coefficient (Wildman–Crippen LogP) is 2.09. The van der Waals surface area contributed by atoms with Gasteiger partial charge in [0.05, 0.1) is 6.61 Å². The van der Waals surface area contributed by atoms with Crippen LogP contribution in [0.1, 0.15) is 42.9 Å². The first kappa shape index (κ1) is 21.5. The highest BCUT2D eigenvalue weighted by Crippen LogP contribution is 2.17. The Morgan fingerprint density at radius 3 is 2.61 bits per heavy atom. The van der Waals surface area contributed by atoms with E-state index in [1.807, 2.05) is 23.1 Å². The van der Waals surface area contributed by atoms with Gasteiger partial charge in [0, 0.05) is 37.5 Å². The number of carbonyl (C=O) groups is 1. The molecule has 0 saturated heterocycles. The minimum Gasteiger partial charge on any atom is -0.477 e. The van der Waals surface area contributed by atoms with Crippen LogP contribution in [0.15, 0.2) is 30.5 Å². The number of aromatic nitrogens is 3. The maximum absolute atomic E-state index is 12.3. The molecule has 28 heavy (non-hydrogen) atoms. The molecule has 2 rings (SSSR count). The van der Waals surface area contributed by atoms with E-state index in [4.69, 9.17) is 22.7 Å². The van der Waals surface area contributed by atoms with E-state index in [0.29, 0.717) is 24.9 Å². The fraction of sp³-hybridized carbons (Fsp3) is 0.421. The molecule has 9 heteroatoms. The number of nitrogens with one attached hydrogen (secondary N) is 1.